The van der Waals surface area contributed by atoms with Crippen LogP contribution in [-0.2, 0) is 0 Å². The Kier molecular flexibility index (Phi) is 6.33. The molecule has 1 aromatic rings. The molecule has 5 heteroatoms. The predicted octanol–water partition coefficient (Wildman–Crippen LogP) is 3.94. The first kappa shape index (κ1) is 16.6. The lowest BCUT2D eigenvalue weighted by molar-refractivity contribution is 0.313. The van der Waals surface area contributed by atoms with Gasteiger partial charge in [-0.15, -0.1) is 0 Å². The largest absolute Gasteiger partial charge is 0.495 e. The summed E-state index contributed by atoms with van der Waals surface area (Å²) in [5, 5.41) is 0. The number of benzene rings is 1. The molecule has 0 radical (unpaired) electrons. The van der Waals surface area contributed by atoms with Gasteiger partial charge in [0.15, 0.2) is 0 Å². The van der Waals surface area contributed by atoms with Crippen LogP contribution in [0.25, 0.3) is 0 Å². The van der Waals surface area contributed by atoms with Crippen molar-refractivity contribution in [2.24, 2.45) is 11.8 Å². The Labute approximate surface area is 135 Å². The van der Waals surface area contributed by atoms with E-state index in [9.17, 15) is 0 Å². The number of hydrogen-bond donors (Lipinski definition) is 2. The second-order valence-electron chi connectivity index (χ2n) is 5.60. The van der Waals surface area contributed by atoms with Gasteiger partial charge < -0.3 is 9.47 Å². The van der Waals surface area contributed by atoms with Gasteiger partial charge in [-0.05, 0) is 46.8 Å². The number of methoxy groups -OCH3 is 2. The van der Waals surface area contributed by atoms with Gasteiger partial charge in [-0.3, -0.25) is 11.3 Å². The van der Waals surface area contributed by atoms with Crippen LogP contribution in [0.2, 0.25) is 0 Å². The van der Waals surface area contributed by atoms with Crippen LogP contribution in [0.4, 0.5) is 0 Å². The molecule has 3 N–H and O–H groups in total. The van der Waals surface area contributed by atoms with Gasteiger partial charge >= 0.3 is 0 Å². The van der Waals surface area contributed by atoms with Gasteiger partial charge in [-0.2, -0.15) is 0 Å². The molecule has 0 amide bonds. The van der Waals surface area contributed by atoms with Crippen molar-refractivity contribution in [1.82, 2.24) is 5.43 Å². The maximum absolute atomic E-state index is 5.88. The highest BCUT2D eigenvalue weighted by Gasteiger charge is 2.27. The van der Waals surface area contributed by atoms with E-state index in [1.54, 1.807) is 14.2 Å². The van der Waals surface area contributed by atoms with Crippen LogP contribution in [0.5, 0.6) is 11.5 Å². The lowest BCUT2D eigenvalue weighted by Gasteiger charge is -2.28. The number of nitrogens with two attached hydrogens (primary N) is 1. The zero-order valence-corrected chi connectivity index (χ0v) is 14.4. The fraction of sp³-hybridized carbons (Fsp3) is 0.625. The fourth-order valence-corrected chi connectivity index (χ4v) is 3.97. The first-order valence-corrected chi connectivity index (χ1v) is 8.38. The van der Waals surface area contributed by atoms with Gasteiger partial charge in [0.05, 0.1) is 20.3 Å². The average molecular weight is 357 g/mol. The molecule has 118 valence electrons. The third-order valence-electron chi connectivity index (χ3n) is 4.40. The van der Waals surface area contributed by atoms with Crippen molar-refractivity contribution in [3.63, 3.8) is 0 Å². The fourth-order valence-electron chi connectivity index (χ4n) is 3.29. The highest BCUT2D eigenvalue weighted by molar-refractivity contribution is 9.10. The van der Waals surface area contributed by atoms with Crippen LogP contribution in [-0.4, -0.2) is 14.2 Å². The van der Waals surface area contributed by atoms with E-state index in [0.29, 0.717) is 5.92 Å². The Balaban J connectivity index is 2.34. The van der Waals surface area contributed by atoms with Crippen molar-refractivity contribution >= 4 is 15.9 Å². The molecule has 0 heterocycles. The molecule has 0 aromatic heterocycles. The molecule has 2 rings (SSSR count). The van der Waals surface area contributed by atoms with E-state index in [1.165, 1.54) is 38.5 Å². The third-order valence-corrected chi connectivity index (χ3v) is 5.15. The number of hydrazine groups is 1. The molecule has 1 aromatic carbocycles. The Hall–Kier alpha value is -0.780. The average Bonchev–Trinajstić information content (AvgIpc) is 2.78. The minimum atomic E-state index is 0.111. The van der Waals surface area contributed by atoms with Gasteiger partial charge in [-0.25, -0.2) is 0 Å². The SMILES string of the molecule is COc1ccc(C(NN)C2CCCCCC2)c(OC)c1Br. The summed E-state index contributed by atoms with van der Waals surface area (Å²) in [5.41, 5.74) is 4.11. The Morgan fingerprint density at radius 2 is 1.81 bits per heavy atom. The van der Waals surface area contributed by atoms with Gasteiger partial charge in [0.1, 0.15) is 16.0 Å². The topological polar surface area (TPSA) is 56.5 Å². The summed E-state index contributed by atoms with van der Waals surface area (Å²) >= 11 is 3.57. The molecule has 1 aliphatic rings. The quantitative estimate of drug-likeness (QED) is 0.476. The zero-order chi connectivity index (χ0) is 15.2. The molecule has 0 spiro atoms. The van der Waals surface area contributed by atoms with E-state index in [-0.39, 0.29) is 6.04 Å². The molecule has 0 aliphatic heterocycles. The predicted molar refractivity (Wildman–Crippen MR) is 88.5 cm³/mol. The molecule has 1 atom stereocenters. The number of halogens is 1. The van der Waals surface area contributed by atoms with Crippen LogP contribution in [0, 0.1) is 5.92 Å². The van der Waals surface area contributed by atoms with Gasteiger partial charge in [0.25, 0.3) is 0 Å². The molecule has 1 saturated carbocycles. The first-order chi connectivity index (χ1) is 10.2. The number of nitrogens with one attached hydrogen (secondary N) is 1. The second-order valence-corrected chi connectivity index (χ2v) is 6.39. The number of rotatable bonds is 5. The lowest BCUT2D eigenvalue weighted by Crippen LogP contribution is -2.33. The van der Waals surface area contributed by atoms with E-state index in [4.69, 9.17) is 15.3 Å². The molecular formula is C16H25BrN2O2. The minimum Gasteiger partial charge on any atom is -0.495 e. The minimum absolute atomic E-state index is 0.111. The van der Waals surface area contributed by atoms with Gasteiger partial charge in [0, 0.05) is 5.56 Å². The molecule has 0 bridgehead atoms. The monoisotopic (exact) mass is 356 g/mol. The van der Waals surface area contributed by atoms with Crippen molar-refractivity contribution in [2.75, 3.05) is 14.2 Å². The summed E-state index contributed by atoms with van der Waals surface area (Å²) in [6.45, 7) is 0. The number of hydrogen-bond acceptors (Lipinski definition) is 4. The van der Waals surface area contributed by atoms with Crippen LogP contribution in [0.3, 0.4) is 0 Å². The second kappa shape index (κ2) is 8.01. The van der Waals surface area contributed by atoms with E-state index in [2.05, 4.69) is 27.4 Å². The maximum Gasteiger partial charge on any atom is 0.141 e. The summed E-state index contributed by atoms with van der Waals surface area (Å²) in [4.78, 5) is 0. The van der Waals surface area contributed by atoms with E-state index in [0.717, 1.165) is 21.5 Å². The van der Waals surface area contributed by atoms with Crippen molar-refractivity contribution < 1.29 is 9.47 Å². The van der Waals surface area contributed by atoms with Crippen LogP contribution >= 0.6 is 15.9 Å². The smallest absolute Gasteiger partial charge is 0.141 e. The first-order valence-electron chi connectivity index (χ1n) is 7.59. The molecule has 1 fully saturated rings. The highest BCUT2D eigenvalue weighted by Crippen LogP contribution is 2.43. The molecule has 4 nitrogen and oxygen atoms in total. The van der Waals surface area contributed by atoms with Crippen molar-refractivity contribution in [3.8, 4) is 11.5 Å². The highest BCUT2D eigenvalue weighted by atomic mass is 79.9. The summed E-state index contributed by atoms with van der Waals surface area (Å²) in [6, 6.07) is 4.13. The van der Waals surface area contributed by atoms with Crippen molar-refractivity contribution in [2.45, 2.75) is 44.6 Å². The van der Waals surface area contributed by atoms with E-state index < -0.39 is 0 Å². The van der Waals surface area contributed by atoms with Gasteiger partial charge in [-0.1, -0.05) is 25.7 Å². The lowest BCUT2D eigenvalue weighted by atomic mass is 9.87. The Bertz CT molecular complexity index is 460. The molecule has 21 heavy (non-hydrogen) atoms. The summed E-state index contributed by atoms with van der Waals surface area (Å²) in [7, 11) is 3.34. The van der Waals surface area contributed by atoms with Crippen LogP contribution < -0.4 is 20.7 Å². The molecule has 0 saturated heterocycles. The maximum atomic E-state index is 5.88. The van der Waals surface area contributed by atoms with Crippen molar-refractivity contribution in [3.05, 3.63) is 22.2 Å². The summed E-state index contributed by atoms with van der Waals surface area (Å²) < 4.78 is 11.8. The summed E-state index contributed by atoms with van der Waals surface area (Å²) in [6.07, 6.45) is 7.64. The normalized spacial score (nSPS) is 18.1. The zero-order valence-electron chi connectivity index (χ0n) is 12.8. The molecule has 1 aliphatic carbocycles. The Morgan fingerprint density at radius 3 is 2.33 bits per heavy atom. The molecular weight excluding hydrogens is 332 g/mol. The number of ether oxygens (including phenoxy) is 2. The van der Waals surface area contributed by atoms with E-state index in [1.807, 2.05) is 6.07 Å². The third kappa shape index (κ3) is 3.71. The van der Waals surface area contributed by atoms with E-state index >= 15 is 0 Å². The van der Waals surface area contributed by atoms with Crippen LogP contribution in [0.15, 0.2) is 16.6 Å². The molecule has 1 unspecified atom stereocenters. The summed E-state index contributed by atoms with van der Waals surface area (Å²) in [5.74, 6) is 8.00. The standard InChI is InChI=1S/C16H25BrN2O2/c1-20-13-10-9-12(16(21-2)14(13)17)15(19-18)11-7-5-3-4-6-8-11/h9-11,15,19H,3-8,18H2,1-2H3. The van der Waals surface area contributed by atoms with Gasteiger partial charge in [0.2, 0.25) is 0 Å². The van der Waals surface area contributed by atoms with Crippen molar-refractivity contribution in [1.29, 1.82) is 0 Å². The Morgan fingerprint density at radius 1 is 1.14 bits per heavy atom. The van der Waals surface area contributed by atoms with Crippen LogP contribution in [0.1, 0.15) is 50.1 Å².